The van der Waals surface area contributed by atoms with Crippen molar-refractivity contribution in [1.29, 1.82) is 0 Å². The number of pyridine rings is 1. The molecule has 0 unspecified atom stereocenters. The molecule has 16 heavy (non-hydrogen) atoms. The maximum absolute atomic E-state index is 12.3. The first kappa shape index (κ1) is 13.2. The van der Waals surface area contributed by atoms with Gasteiger partial charge in [0.05, 0.1) is 3.57 Å². The van der Waals surface area contributed by atoms with E-state index in [-0.39, 0.29) is 3.57 Å². The molecule has 0 bridgehead atoms. The number of aromatic nitrogens is 1. The van der Waals surface area contributed by atoms with Gasteiger partial charge in [0.1, 0.15) is 5.69 Å². The predicted octanol–water partition coefficient (Wildman–Crippen LogP) is 2.82. The number of nitrogens with one attached hydrogen (secondary N) is 1. The van der Waals surface area contributed by atoms with Crippen molar-refractivity contribution in [3.8, 4) is 5.75 Å². The molecule has 0 radical (unpaired) electrons. The Hall–Kier alpha value is -0.870. The van der Waals surface area contributed by atoms with Crippen LogP contribution in [0.25, 0.3) is 0 Å². The van der Waals surface area contributed by atoms with E-state index in [9.17, 15) is 26.7 Å². The van der Waals surface area contributed by atoms with Gasteiger partial charge in [0.25, 0.3) is 6.43 Å². The van der Waals surface area contributed by atoms with Crippen LogP contribution in [0.15, 0.2) is 11.0 Å². The molecule has 1 aromatic rings. The molecule has 0 aliphatic carbocycles. The van der Waals surface area contributed by atoms with E-state index >= 15 is 0 Å². The van der Waals surface area contributed by atoms with Crippen LogP contribution in [0.1, 0.15) is 12.1 Å². The monoisotopic (exact) mass is 355 g/mol. The molecule has 1 aromatic heterocycles. The molecule has 9 heteroatoms. The van der Waals surface area contributed by atoms with Crippen molar-refractivity contribution >= 4 is 22.6 Å². The molecule has 1 rings (SSSR count). The van der Waals surface area contributed by atoms with Gasteiger partial charge in [-0.3, -0.25) is 4.79 Å². The van der Waals surface area contributed by atoms with Gasteiger partial charge in [0.2, 0.25) is 11.2 Å². The molecular formula is C7H3F5INO2. The Balaban J connectivity index is 3.33. The lowest BCUT2D eigenvalue weighted by atomic mass is 10.3. The minimum Gasteiger partial charge on any atom is -0.399 e. The third-order valence-corrected chi connectivity index (χ3v) is 2.26. The summed E-state index contributed by atoms with van der Waals surface area (Å²) in [6.45, 7) is 0. The van der Waals surface area contributed by atoms with Crippen LogP contribution in [0.5, 0.6) is 5.75 Å². The number of rotatable bonds is 2. The highest BCUT2D eigenvalue weighted by atomic mass is 127. The van der Waals surface area contributed by atoms with Crippen LogP contribution in [0, 0.1) is 3.57 Å². The smallest absolute Gasteiger partial charge is 0.399 e. The Bertz CT molecular complexity index is 441. The minimum absolute atomic E-state index is 0.179. The van der Waals surface area contributed by atoms with E-state index in [1.165, 1.54) is 22.6 Å². The van der Waals surface area contributed by atoms with Gasteiger partial charge in [0, 0.05) is 6.20 Å². The van der Waals surface area contributed by atoms with Crippen molar-refractivity contribution in [3.63, 3.8) is 0 Å². The summed E-state index contributed by atoms with van der Waals surface area (Å²) in [5.41, 5.74) is -2.42. The predicted molar refractivity (Wildman–Crippen MR) is 51.4 cm³/mol. The summed E-state index contributed by atoms with van der Waals surface area (Å²) in [5, 5.41) is 0. The highest BCUT2D eigenvalue weighted by molar-refractivity contribution is 14.1. The zero-order chi connectivity index (χ0) is 12.5. The van der Waals surface area contributed by atoms with Gasteiger partial charge in [-0.25, -0.2) is 8.78 Å². The van der Waals surface area contributed by atoms with Crippen molar-refractivity contribution in [2.24, 2.45) is 0 Å². The number of aromatic amines is 1. The Morgan fingerprint density at radius 1 is 1.38 bits per heavy atom. The van der Waals surface area contributed by atoms with Crippen molar-refractivity contribution in [1.82, 2.24) is 4.98 Å². The van der Waals surface area contributed by atoms with Crippen LogP contribution in [0.2, 0.25) is 0 Å². The normalized spacial score (nSPS) is 11.9. The quantitative estimate of drug-likeness (QED) is 0.655. The standard InChI is InChI=1S/C7H3F5INO2/c8-6(9)3-5(16-7(10,11)12)4(15)2(13)1-14-3/h1,6H,(H,14,15). The average Bonchev–Trinajstić information content (AvgIpc) is 2.10. The van der Waals surface area contributed by atoms with Crippen LogP contribution in [0.3, 0.4) is 0 Å². The van der Waals surface area contributed by atoms with Gasteiger partial charge in [0.15, 0.2) is 0 Å². The third kappa shape index (κ3) is 3.06. The maximum Gasteiger partial charge on any atom is 0.573 e. The number of H-pyrrole nitrogens is 1. The summed E-state index contributed by atoms with van der Waals surface area (Å²) in [7, 11) is 0. The molecule has 0 saturated carbocycles. The highest BCUT2D eigenvalue weighted by Gasteiger charge is 2.35. The van der Waals surface area contributed by atoms with Gasteiger partial charge in [-0.2, -0.15) is 0 Å². The first-order valence-electron chi connectivity index (χ1n) is 3.67. The second-order valence-corrected chi connectivity index (χ2v) is 3.72. The zero-order valence-electron chi connectivity index (χ0n) is 7.24. The van der Waals surface area contributed by atoms with Gasteiger partial charge in [-0.05, 0) is 22.6 Å². The lowest BCUT2D eigenvalue weighted by Crippen LogP contribution is -2.24. The van der Waals surface area contributed by atoms with Crippen molar-refractivity contribution in [3.05, 3.63) is 25.7 Å². The Labute approximate surface area is 98.7 Å². The van der Waals surface area contributed by atoms with Gasteiger partial charge < -0.3 is 9.72 Å². The van der Waals surface area contributed by atoms with Gasteiger partial charge in [-0.15, -0.1) is 13.2 Å². The zero-order valence-corrected chi connectivity index (χ0v) is 9.40. The molecule has 0 aliphatic heterocycles. The van der Waals surface area contributed by atoms with E-state index in [0.29, 0.717) is 0 Å². The van der Waals surface area contributed by atoms with Crippen LogP contribution >= 0.6 is 22.6 Å². The third-order valence-electron chi connectivity index (χ3n) is 1.46. The molecular weight excluding hydrogens is 352 g/mol. The SMILES string of the molecule is O=c1c(I)c[nH]c(C(F)F)c1OC(F)(F)F. The lowest BCUT2D eigenvalue weighted by Gasteiger charge is -2.12. The fourth-order valence-corrected chi connectivity index (χ4v) is 1.28. The number of alkyl halides is 5. The Kier molecular flexibility index (Phi) is 3.76. The topological polar surface area (TPSA) is 42.1 Å². The van der Waals surface area contributed by atoms with Gasteiger partial charge in [-0.1, -0.05) is 0 Å². The molecule has 0 spiro atoms. The number of ether oxygens (including phenoxy) is 1. The summed E-state index contributed by atoms with van der Waals surface area (Å²) < 4.78 is 63.3. The van der Waals surface area contributed by atoms with Gasteiger partial charge >= 0.3 is 6.36 Å². The molecule has 1 N–H and O–H groups in total. The summed E-state index contributed by atoms with van der Waals surface area (Å²) in [5.74, 6) is -1.42. The molecule has 0 atom stereocenters. The van der Waals surface area contributed by atoms with E-state index in [1.54, 1.807) is 0 Å². The summed E-state index contributed by atoms with van der Waals surface area (Å²) in [6, 6.07) is 0. The van der Waals surface area contributed by atoms with Crippen molar-refractivity contribution in [2.75, 3.05) is 0 Å². The number of halogens is 6. The Morgan fingerprint density at radius 2 is 1.94 bits per heavy atom. The first-order chi connectivity index (χ1) is 7.22. The van der Waals surface area contributed by atoms with Crippen molar-refractivity contribution < 1.29 is 26.7 Å². The van der Waals surface area contributed by atoms with E-state index in [1.807, 2.05) is 4.98 Å². The van der Waals surface area contributed by atoms with Crippen LogP contribution in [-0.4, -0.2) is 11.3 Å². The van der Waals surface area contributed by atoms with E-state index < -0.39 is 29.7 Å². The lowest BCUT2D eigenvalue weighted by molar-refractivity contribution is -0.275. The number of hydrogen-bond acceptors (Lipinski definition) is 2. The second-order valence-electron chi connectivity index (χ2n) is 2.56. The van der Waals surface area contributed by atoms with Crippen LogP contribution in [-0.2, 0) is 0 Å². The highest BCUT2D eigenvalue weighted by Crippen LogP contribution is 2.28. The Morgan fingerprint density at radius 3 is 2.38 bits per heavy atom. The minimum atomic E-state index is -5.19. The van der Waals surface area contributed by atoms with E-state index in [2.05, 4.69) is 4.74 Å². The largest absolute Gasteiger partial charge is 0.573 e. The molecule has 0 aromatic carbocycles. The molecule has 0 amide bonds. The summed E-state index contributed by atoms with van der Waals surface area (Å²) >= 11 is 1.41. The van der Waals surface area contributed by atoms with E-state index in [0.717, 1.165) is 6.20 Å². The maximum atomic E-state index is 12.3. The fourth-order valence-electron chi connectivity index (χ4n) is 0.882. The summed E-state index contributed by atoms with van der Waals surface area (Å²) in [6.07, 6.45) is -7.57. The fraction of sp³-hybridized carbons (Fsp3) is 0.286. The summed E-state index contributed by atoms with van der Waals surface area (Å²) in [4.78, 5) is 13.1. The van der Waals surface area contributed by atoms with E-state index in [4.69, 9.17) is 0 Å². The average molecular weight is 355 g/mol. The molecule has 1 heterocycles. The molecule has 0 aliphatic rings. The number of hydrogen-bond donors (Lipinski definition) is 1. The first-order valence-corrected chi connectivity index (χ1v) is 4.75. The molecule has 0 saturated heterocycles. The molecule has 90 valence electrons. The molecule has 3 nitrogen and oxygen atoms in total. The van der Waals surface area contributed by atoms with Crippen LogP contribution in [0.4, 0.5) is 22.0 Å². The molecule has 0 fully saturated rings. The second kappa shape index (κ2) is 4.55. The van der Waals surface area contributed by atoms with Crippen molar-refractivity contribution in [2.45, 2.75) is 12.8 Å². The van der Waals surface area contributed by atoms with Crippen LogP contribution < -0.4 is 10.2 Å².